The molecule has 0 aromatic heterocycles. The molecule has 0 spiro atoms. The van der Waals surface area contributed by atoms with Crippen LogP contribution in [0.1, 0.15) is 46.5 Å². The van der Waals surface area contributed by atoms with Crippen LogP contribution in [0.4, 0.5) is 0 Å². The lowest BCUT2D eigenvalue weighted by Crippen LogP contribution is -2.19. The summed E-state index contributed by atoms with van der Waals surface area (Å²) in [5.41, 5.74) is -0.132. The van der Waals surface area contributed by atoms with Crippen molar-refractivity contribution in [2.24, 2.45) is 11.3 Å². The van der Waals surface area contributed by atoms with E-state index in [1.165, 1.54) is 12.8 Å². The fraction of sp³-hybridized carbons (Fsp3) is 0.917. The normalized spacial score (nSPS) is 25.9. The Morgan fingerprint density at radius 3 is 2.57 bits per heavy atom. The first-order valence-electron chi connectivity index (χ1n) is 5.70. The summed E-state index contributed by atoms with van der Waals surface area (Å²) in [4.78, 5) is 0. The van der Waals surface area contributed by atoms with Crippen LogP contribution < -0.4 is 5.32 Å². The number of hydrogen-bond acceptors (Lipinski definition) is 2. The summed E-state index contributed by atoms with van der Waals surface area (Å²) < 4.78 is 0. The average molecular weight is 194 g/mol. The quantitative estimate of drug-likeness (QED) is 0.660. The topological polar surface area (TPSA) is 35.8 Å². The zero-order valence-corrected chi connectivity index (χ0v) is 9.64. The summed E-state index contributed by atoms with van der Waals surface area (Å²) in [6.45, 7) is 7.44. The van der Waals surface area contributed by atoms with E-state index in [2.05, 4.69) is 18.3 Å². The SMILES string of the molecule is CC1CC1NCCCCC(C)(C)C#N. The lowest BCUT2D eigenvalue weighted by molar-refractivity contribution is 0.421. The molecule has 0 heterocycles. The second-order valence-electron chi connectivity index (χ2n) is 5.23. The van der Waals surface area contributed by atoms with Gasteiger partial charge in [-0.3, -0.25) is 0 Å². The summed E-state index contributed by atoms with van der Waals surface area (Å²) in [5.74, 6) is 0.894. The maximum atomic E-state index is 8.82. The molecule has 1 aliphatic carbocycles. The number of nitrogens with one attached hydrogen (secondary N) is 1. The highest BCUT2D eigenvalue weighted by Gasteiger charge is 2.31. The number of hydrogen-bond donors (Lipinski definition) is 1. The summed E-state index contributed by atoms with van der Waals surface area (Å²) in [6, 6.07) is 3.13. The zero-order chi connectivity index (χ0) is 10.6. The third kappa shape index (κ3) is 4.11. The molecule has 2 nitrogen and oxygen atoms in total. The van der Waals surface area contributed by atoms with Gasteiger partial charge in [0, 0.05) is 6.04 Å². The first-order chi connectivity index (χ1) is 6.55. The van der Waals surface area contributed by atoms with E-state index in [0.717, 1.165) is 31.3 Å². The van der Waals surface area contributed by atoms with Gasteiger partial charge in [0.25, 0.3) is 0 Å². The molecule has 1 rings (SSSR count). The molecule has 0 aromatic rings. The fourth-order valence-corrected chi connectivity index (χ4v) is 1.64. The van der Waals surface area contributed by atoms with Crippen LogP contribution in [0, 0.1) is 22.7 Å². The highest BCUT2D eigenvalue weighted by molar-refractivity contribution is 4.92. The Kier molecular flexibility index (Phi) is 3.95. The summed E-state index contributed by atoms with van der Waals surface area (Å²) in [6.07, 6.45) is 4.73. The summed E-state index contributed by atoms with van der Waals surface area (Å²) in [5, 5.41) is 12.3. The van der Waals surface area contributed by atoms with Crippen molar-refractivity contribution in [3.8, 4) is 6.07 Å². The molecular weight excluding hydrogens is 172 g/mol. The van der Waals surface area contributed by atoms with Crippen LogP contribution in [0.25, 0.3) is 0 Å². The Labute approximate surface area is 87.7 Å². The molecule has 14 heavy (non-hydrogen) atoms. The lowest BCUT2D eigenvalue weighted by Gasteiger charge is -2.14. The second-order valence-corrected chi connectivity index (χ2v) is 5.23. The van der Waals surface area contributed by atoms with Gasteiger partial charge in [0.2, 0.25) is 0 Å². The van der Waals surface area contributed by atoms with Gasteiger partial charge in [-0.2, -0.15) is 5.26 Å². The third-order valence-electron chi connectivity index (χ3n) is 3.05. The van der Waals surface area contributed by atoms with E-state index < -0.39 is 0 Å². The third-order valence-corrected chi connectivity index (χ3v) is 3.05. The second kappa shape index (κ2) is 4.79. The Morgan fingerprint density at radius 1 is 1.43 bits per heavy atom. The molecule has 0 bridgehead atoms. The van der Waals surface area contributed by atoms with Gasteiger partial charge in [0.15, 0.2) is 0 Å². The molecule has 2 heteroatoms. The maximum absolute atomic E-state index is 8.82. The zero-order valence-electron chi connectivity index (χ0n) is 9.64. The molecule has 0 amide bonds. The molecule has 1 saturated carbocycles. The fourth-order valence-electron chi connectivity index (χ4n) is 1.64. The van der Waals surface area contributed by atoms with Gasteiger partial charge < -0.3 is 5.32 Å². The largest absolute Gasteiger partial charge is 0.314 e. The standard InChI is InChI=1S/C12H22N2/c1-10-8-11(10)14-7-5-4-6-12(2,3)9-13/h10-11,14H,4-8H2,1-3H3. The van der Waals surface area contributed by atoms with Gasteiger partial charge in [-0.05, 0) is 45.6 Å². The predicted molar refractivity (Wildman–Crippen MR) is 58.8 cm³/mol. The summed E-state index contributed by atoms with van der Waals surface area (Å²) in [7, 11) is 0. The Bertz CT molecular complexity index is 215. The van der Waals surface area contributed by atoms with E-state index in [-0.39, 0.29) is 5.41 Å². The molecule has 80 valence electrons. The number of rotatable bonds is 6. The molecule has 1 aliphatic rings. The van der Waals surface area contributed by atoms with E-state index in [1.807, 2.05) is 13.8 Å². The van der Waals surface area contributed by atoms with E-state index in [1.54, 1.807) is 0 Å². The van der Waals surface area contributed by atoms with Crippen molar-refractivity contribution >= 4 is 0 Å². The number of unbranched alkanes of at least 4 members (excludes halogenated alkanes) is 1. The first kappa shape index (κ1) is 11.5. The molecule has 2 atom stereocenters. The van der Waals surface area contributed by atoms with Gasteiger partial charge in [-0.15, -0.1) is 0 Å². The Hall–Kier alpha value is -0.550. The van der Waals surface area contributed by atoms with E-state index in [4.69, 9.17) is 5.26 Å². The van der Waals surface area contributed by atoms with Crippen LogP contribution in [0.5, 0.6) is 0 Å². The number of nitrogens with zero attached hydrogens (tertiary/aromatic N) is 1. The van der Waals surface area contributed by atoms with Gasteiger partial charge >= 0.3 is 0 Å². The van der Waals surface area contributed by atoms with Gasteiger partial charge in [0.1, 0.15) is 0 Å². The highest BCUT2D eigenvalue weighted by Crippen LogP contribution is 2.29. The molecule has 0 aromatic carbocycles. The first-order valence-corrected chi connectivity index (χ1v) is 5.70. The van der Waals surface area contributed by atoms with Crippen molar-refractivity contribution in [2.75, 3.05) is 6.54 Å². The molecule has 1 fully saturated rings. The van der Waals surface area contributed by atoms with Crippen molar-refractivity contribution in [1.29, 1.82) is 5.26 Å². The molecule has 1 N–H and O–H groups in total. The van der Waals surface area contributed by atoms with Crippen molar-refractivity contribution in [2.45, 2.75) is 52.5 Å². The van der Waals surface area contributed by atoms with E-state index in [0.29, 0.717) is 0 Å². The van der Waals surface area contributed by atoms with E-state index in [9.17, 15) is 0 Å². The minimum atomic E-state index is -0.132. The molecule has 0 aliphatic heterocycles. The van der Waals surface area contributed by atoms with Crippen LogP contribution in [0.3, 0.4) is 0 Å². The highest BCUT2D eigenvalue weighted by atomic mass is 15.0. The van der Waals surface area contributed by atoms with Crippen molar-refractivity contribution < 1.29 is 0 Å². The monoisotopic (exact) mass is 194 g/mol. The van der Waals surface area contributed by atoms with Crippen LogP contribution in [0.2, 0.25) is 0 Å². The predicted octanol–water partition coefficient (Wildman–Crippen LogP) is 2.70. The molecular formula is C12H22N2. The molecule has 0 saturated heterocycles. The smallest absolute Gasteiger partial charge is 0.0683 e. The van der Waals surface area contributed by atoms with E-state index >= 15 is 0 Å². The summed E-state index contributed by atoms with van der Waals surface area (Å²) >= 11 is 0. The van der Waals surface area contributed by atoms with Crippen LogP contribution in [-0.2, 0) is 0 Å². The average Bonchev–Trinajstić information content (AvgIpc) is 2.81. The Morgan fingerprint density at radius 2 is 2.07 bits per heavy atom. The van der Waals surface area contributed by atoms with Crippen molar-refractivity contribution in [3.05, 3.63) is 0 Å². The Balaban J connectivity index is 1.92. The minimum Gasteiger partial charge on any atom is -0.314 e. The number of nitriles is 1. The van der Waals surface area contributed by atoms with Crippen LogP contribution in [0.15, 0.2) is 0 Å². The van der Waals surface area contributed by atoms with Crippen molar-refractivity contribution in [1.82, 2.24) is 5.32 Å². The van der Waals surface area contributed by atoms with Gasteiger partial charge in [-0.25, -0.2) is 0 Å². The minimum absolute atomic E-state index is 0.132. The van der Waals surface area contributed by atoms with Crippen molar-refractivity contribution in [3.63, 3.8) is 0 Å². The van der Waals surface area contributed by atoms with Crippen LogP contribution in [-0.4, -0.2) is 12.6 Å². The maximum Gasteiger partial charge on any atom is 0.0683 e. The molecule has 0 radical (unpaired) electrons. The van der Waals surface area contributed by atoms with Gasteiger partial charge in [-0.1, -0.05) is 13.3 Å². The van der Waals surface area contributed by atoms with Gasteiger partial charge in [0.05, 0.1) is 11.5 Å². The lowest BCUT2D eigenvalue weighted by atomic mass is 9.89. The van der Waals surface area contributed by atoms with Crippen LogP contribution >= 0.6 is 0 Å². The molecule has 2 unspecified atom stereocenters.